The molecule has 1 aromatic rings. The Hall–Kier alpha value is -1.89. The van der Waals surface area contributed by atoms with E-state index in [0.29, 0.717) is 22.0 Å². The predicted octanol–water partition coefficient (Wildman–Crippen LogP) is 1.56. The third-order valence-corrected chi connectivity index (χ3v) is 4.09. The molecule has 2 heterocycles. The number of imide groups is 1. The summed E-state index contributed by atoms with van der Waals surface area (Å²) in [6.45, 7) is 0.118. The van der Waals surface area contributed by atoms with Gasteiger partial charge in [-0.1, -0.05) is 0 Å². The highest BCUT2D eigenvalue weighted by molar-refractivity contribution is 9.10. The van der Waals surface area contributed by atoms with E-state index in [1.165, 1.54) is 12.1 Å². The van der Waals surface area contributed by atoms with Crippen molar-refractivity contribution in [2.45, 2.75) is 25.8 Å². The van der Waals surface area contributed by atoms with Crippen LogP contribution < -0.4 is 0 Å². The molecule has 3 amide bonds. The van der Waals surface area contributed by atoms with Gasteiger partial charge in [-0.3, -0.25) is 14.4 Å². The first-order valence-electron chi connectivity index (χ1n) is 6.18. The number of hydrogen-bond donors (Lipinski definition) is 1. The Balaban J connectivity index is 1.97. The van der Waals surface area contributed by atoms with Crippen LogP contribution in [0.15, 0.2) is 16.6 Å². The average molecular weight is 339 g/mol. The molecule has 0 radical (unpaired) electrons. The molecule has 2 aliphatic heterocycles. The van der Waals surface area contributed by atoms with Gasteiger partial charge in [0.05, 0.1) is 11.0 Å². The van der Waals surface area contributed by atoms with Crippen LogP contribution in [0, 0.1) is 0 Å². The van der Waals surface area contributed by atoms with Crippen LogP contribution in [0.4, 0.5) is 0 Å². The topological polar surface area (TPSA) is 77.9 Å². The Morgan fingerprint density at radius 1 is 1.10 bits per heavy atom. The number of hydrazine groups is 1. The number of aromatic hydroxyl groups is 1. The van der Waals surface area contributed by atoms with Gasteiger partial charge in [0.1, 0.15) is 5.75 Å². The number of piperidine rings is 1. The molecule has 6 nitrogen and oxygen atoms in total. The first kappa shape index (κ1) is 13.1. The number of carbonyl (C=O) groups excluding carboxylic acids is 3. The van der Waals surface area contributed by atoms with Gasteiger partial charge in [0.25, 0.3) is 5.91 Å². The van der Waals surface area contributed by atoms with E-state index in [1.54, 1.807) is 0 Å². The summed E-state index contributed by atoms with van der Waals surface area (Å²) >= 11 is 3.15. The summed E-state index contributed by atoms with van der Waals surface area (Å²) in [5.74, 6) is -1.09. The van der Waals surface area contributed by atoms with Gasteiger partial charge in [-0.2, -0.15) is 5.01 Å². The van der Waals surface area contributed by atoms with Gasteiger partial charge >= 0.3 is 0 Å². The number of carbonyl (C=O) groups is 3. The molecular weight excluding hydrogens is 328 g/mol. The van der Waals surface area contributed by atoms with Crippen molar-refractivity contribution in [3.05, 3.63) is 27.7 Å². The number of hydrogen-bond acceptors (Lipinski definition) is 4. The summed E-state index contributed by atoms with van der Waals surface area (Å²) in [4.78, 5) is 36.1. The molecule has 104 valence electrons. The molecule has 0 aliphatic carbocycles. The molecule has 0 spiro atoms. The number of halogens is 1. The van der Waals surface area contributed by atoms with Crippen molar-refractivity contribution in [2.75, 3.05) is 0 Å². The van der Waals surface area contributed by atoms with Crippen molar-refractivity contribution in [1.82, 2.24) is 10.0 Å². The van der Waals surface area contributed by atoms with Crippen LogP contribution in [0.3, 0.4) is 0 Å². The molecule has 1 aromatic carbocycles. The van der Waals surface area contributed by atoms with E-state index in [-0.39, 0.29) is 37.0 Å². The first-order valence-corrected chi connectivity index (χ1v) is 6.97. The fourth-order valence-electron chi connectivity index (χ4n) is 2.48. The lowest BCUT2D eigenvalue weighted by atomic mass is 10.1. The minimum atomic E-state index is -0.399. The maximum absolute atomic E-state index is 12.3. The standard InChI is InChI=1S/C13H11BrN2O4/c14-9-5-8-7(4-10(9)17)6-15(13(8)20)16-11(18)2-1-3-12(16)19/h4-5,17H,1-3,6H2. The molecule has 20 heavy (non-hydrogen) atoms. The monoisotopic (exact) mass is 338 g/mol. The quantitative estimate of drug-likeness (QED) is 0.788. The number of nitrogens with zero attached hydrogens (tertiary/aromatic N) is 2. The van der Waals surface area contributed by atoms with E-state index in [9.17, 15) is 19.5 Å². The zero-order chi connectivity index (χ0) is 14.4. The van der Waals surface area contributed by atoms with Gasteiger partial charge < -0.3 is 5.11 Å². The summed E-state index contributed by atoms with van der Waals surface area (Å²) in [6.07, 6.45) is 1.05. The average Bonchev–Trinajstić information content (AvgIpc) is 2.68. The lowest BCUT2D eigenvalue weighted by molar-refractivity contribution is -0.163. The van der Waals surface area contributed by atoms with Gasteiger partial charge in [0.15, 0.2) is 0 Å². The van der Waals surface area contributed by atoms with E-state index >= 15 is 0 Å². The molecule has 1 saturated heterocycles. The van der Waals surface area contributed by atoms with Crippen molar-refractivity contribution < 1.29 is 19.5 Å². The number of amides is 3. The zero-order valence-corrected chi connectivity index (χ0v) is 12.0. The number of benzene rings is 1. The molecule has 0 aromatic heterocycles. The fourth-order valence-corrected chi connectivity index (χ4v) is 2.82. The summed E-state index contributed by atoms with van der Waals surface area (Å²) < 4.78 is 0.405. The third-order valence-electron chi connectivity index (χ3n) is 3.45. The highest BCUT2D eigenvalue weighted by Gasteiger charge is 2.39. The molecule has 0 bridgehead atoms. The molecule has 0 unspecified atom stereocenters. The van der Waals surface area contributed by atoms with Crippen LogP contribution in [0.25, 0.3) is 0 Å². The van der Waals surface area contributed by atoms with Crippen LogP contribution >= 0.6 is 15.9 Å². The van der Waals surface area contributed by atoms with Crippen molar-refractivity contribution in [3.8, 4) is 5.75 Å². The Morgan fingerprint density at radius 2 is 1.75 bits per heavy atom. The molecule has 1 N–H and O–H groups in total. The normalized spacial score (nSPS) is 18.8. The second-order valence-electron chi connectivity index (χ2n) is 4.78. The van der Waals surface area contributed by atoms with Gasteiger partial charge in [0.2, 0.25) is 11.8 Å². The number of phenolic OH excluding ortho intramolecular Hbond substituents is 1. The van der Waals surface area contributed by atoms with Crippen molar-refractivity contribution in [3.63, 3.8) is 0 Å². The minimum Gasteiger partial charge on any atom is -0.507 e. The predicted molar refractivity (Wildman–Crippen MR) is 71.4 cm³/mol. The molecule has 0 atom stereocenters. The highest BCUT2D eigenvalue weighted by Crippen LogP contribution is 2.34. The smallest absolute Gasteiger partial charge is 0.273 e. The summed E-state index contributed by atoms with van der Waals surface area (Å²) in [6, 6.07) is 2.97. The van der Waals surface area contributed by atoms with Gasteiger partial charge in [-0.15, -0.1) is 0 Å². The summed E-state index contributed by atoms with van der Waals surface area (Å²) in [5.41, 5.74) is 0.989. The Kier molecular flexibility index (Phi) is 3.01. The molecule has 7 heteroatoms. The Morgan fingerprint density at radius 3 is 2.40 bits per heavy atom. The lowest BCUT2D eigenvalue weighted by Gasteiger charge is -2.32. The van der Waals surface area contributed by atoms with E-state index in [4.69, 9.17) is 0 Å². The third kappa shape index (κ3) is 1.89. The van der Waals surface area contributed by atoms with Gasteiger partial charge in [0, 0.05) is 18.4 Å². The molecule has 0 saturated carbocycles. The van der Waals surface area contributed by atoms with Crippen LogP contribution in [-0.2, 0) is 16.1 Å². The zero-order valence-electron chi connectivity index (χ0n) is 10.4. The van der Waals surface area contributed by atoms with Crippen LogP contribution in [0.2, 0.25) is 0 Å². The molecular formula is C13H11BrN2O4. The van der Waals surface area contributed by atoms with Gasteiger partial charge in [-0.25, -0.2) is 5.01 Å². The van der Waals surface area contributed by atoms with E-state index < -0.39 is 5.91 Å². The second-order valence-corrected chi connectivity index (χ2v) is 5.63. The Labute approximate surface area is 123 Å². The number of phenols is 1. The molecule has 3 rings (SSSR count). The maximum Gasteiger partial charge on any atom is 0.273 e. The lowest BCUT2D eigenvalue weighted by Crippen LogP contribution is -2.51. The first-order chi connectivity index (χ1) is 9.49. The van der Waals surface area contributed by atoms with Crippen LogP contribution in [0.1, 0.15) is 35.2 Å². The SMILES string of the molecule is O=C1c2cc(Br)c(O)cc2CN1N1C(=O)CCCC1=O. The molecule has 2 aliphatic rings. The number of rotatable bonds is 1. The van der Waals surface area contributed by atoms with E-state index in [1.807, 2.05) is 0 Å². The van der Waals surface area contributed by atoms with Gasteiger partial charge in [-0.05, 0) is 40.0 Å². The van der Waals surface area contributed by atoms with Crippen LogP contribution in [0.5, 0.6) is 5.75 Å². The second kappa shape index (κ2) is 4.59. The molecule has 1 fully saturated rings. The van der Waals surface area contributed by atoms with Crippen LogP contribution in [-0.4, -0.2) is 32.8 Å². The summed E-state index contributed by atoms with van der Waals surface area (Å²) in [7, 11) is 0. The highest BCUT2D eigenvalue weighted by atomic mass is 79.9. The fraction of sp³-hybridized carbons (Fsp3) is 0.308. The minimum absolute atomic E-state index is 0.0229. The van der Waals surface area contributed by atoms with Crippen molar-refractivity contribution in [1.29, 1.82) is 0 Å². The maximum atomic E-state index is 12.3. The van der Waals surface area contributed by atoms with E-state index in [0.717, 1.165) is 10.0 Å². The van der Waals surface area contributed by atoms with Crippen molar-refractivity contribution in [2.24, 2.45) is 0 Å². The largest absolute Gasteiger partial charge is 0.507 e. The number of fused-ring (bicyclic) bond motifs is 1. The summed E-state index contributed by atoms with van der Waals surface area (Å²) in [5, 5.41) is 11.7. The Bertz CT molecular complexity index is 628. The van der Waals surface area contributed by atoms with Crippen molar-refractivity contribution >= 4 is 33.7 Å². The van der Waals surface area contributed by atoms with E-state index in [2.05, 4.69) is 15.9 Å².